The summed E-state index contributed by atoms with van der Waals surface area (Å²) in [6.07, 6.45) is 2.34. The predicted octanol–water partition coefficient (Wildman–Crippen LogP) is 7.59. The normalized spacial score (nSPS) is 23.1. The Kier molecular flexibility index (Phi) is 8.89. The minimum absolute atomic E-state index is 0.0319. The zero-order chi connectivity index (χ0) is 26.3. The van der Waals surface area contributed by atoms with Crippen LogP contribution < -0.4 is 5.32 Å². The average molecular weight is 848 g/mol. The van der Waals surface area contributed by atoms with Gasteiger partial charge in [-0.1, -0.05) is 18.2 Å². The Labute approximate surface area is 256 Å². The number of aromatic amines is 1. The van der Waals surface area contributed by atoms with Gasteiger partial charge in [0.1, 0.15) is 0 Å². The molecule has 1 saturated heterocycles. The van der Waals surface area contributed by atoms with Crippen molar-refractivity contribution in [2.24, 2.45) is 0 Å². The van der Waals surface area contributed by atoms with Crippen molar-refractivity contribution in [1.29, 1.82) is 0 Å². The van der Waals surface area contributed by atoms with E-state index in [1.165, 1.54) is 33.5 Å². The minimum atomic E-state index is -2.83. The molecule has 0 amide bonds. The van der Waals surface area contributed by atoms with Crippen molar-refractivity contribution in [3.8, 4) is 0 Å². The maximum atomic E-state index is 14.4. The van der Waals surface area contributed by atoms with Crippen LogP contribution in [0.2, 0.25) is 0 Å². The van der Waals surface area contributed by atoms with E-state index in [1.807, 2.05) is 17.0 Å². The molecule has 3 atom stereocenters. The van der Waals surface area contributed by atoms with Gasteiger partial charge in [0.2, 0.25) is 0 Å². The predicted molar refractivity (Wildman–Crippen MR) is 170 cm³/mol. The summed E-state index contributed by atoms with van der Waals surface area (Å²) in [4.78, 5) is 7.89. The number of likely N-dealkylation sites (tertiary alicyclic amines) is 1. The van der Waals surface area contributed by atoms with Gasteiger partial charge in [-0.25, -0.2) is 0 Å². The fourth-order valence-electron chi connectivity index (χ4n) is 5.87. The van der Waals surface area contributed by atoms with Crippen LogP contribution in [0.25, 0.3) is 10.9 Å². The molecule has 0 radical (unpaired) electrons. The molecule has 3 aromatic rings. The summed E-state index contributed by atoms with van der Waals surface area (Å²) in [6, 6.07) is 12.5. The summed E-state index contributed by atoms with van der Waals surface area (Å²) in [7, 11) is 0. The fourth-order valence-corrected chi connectivity index (χ4v) is 8.62. The van der Waals surface area contributed by atoms with Gasteiger partial charge in [-0.2, -0.15) is 8.78 Å². The van der Waals surface area contributed by atoms with Crippen LogP contribution in [0.3, 0.4) is 0 Å². The second-order valence-corrected chi connectivity index (χ2v) is 14.0. The standard InChI is InChI=1S/C27H30F3I3N4/c1-16-11-20-19-5-2-3-6-23(19)35-25(20)26(37(16)15-27(29,30)33)24-21(31)12-18(13-22(24)32)34-17-7-10-36(14-17)9-4-8-28/h2-3,5-6,12-13,16-17,26,34-35H,4,7-11,14-15H2,1H3/t16-,17+,26-/m1/s1. The minimum Gasteiger partial charge on any atom is -0.381 e. The van der Waals surface area contributed by atoms with Gasteiger partial charge in [-0.15, -0.1) is 0 Å². The smallest absolute Gasteiger partial charge is 0.308 e. The maximum absolute atomic E-state index is 14.4. The molecule has 1 fully saturated rings. The van der Waals surface area contributed by atoms with E-state index >= 15 is 0 Å². The molecule has 200 valence electrons. The van der Waals surface area contributed by atoms with Crippen LogP contribution >= 0.6 is 67.8 Å². The lowest BCUT2D eigenvalue weighted by atomic mass is 9.88. The molecule has 3 heterocycles. The summed E-state index contributed by atoms with van der Waals surface area (Å²) in [5.41, 5.74) is 5.42. The Bertz CT molecular complexity index is 1240. The van der Waals surface area contributed by atoms with E-state index < -0.39 is 3.93 Å². The fraction of sp³-hybridized carbons (Fsp3) is 0.481. The molecule has 37 heavy (non-hydrogen) atoms. The van der Waals surface area contributed by atoms with E-state index in [-0.39, 0.29) is 25.3 Å². The molecule has 2 N–H and O–H groups in total. The van der Waals surface area contributed by atoms with Crippen LogP contribution in [0.15, 0.2) is 36.4 Å². The van der Waals surface area contributed by atoms with Gasteiger partial charge in [0.15, 0.2) is 0 Å². The van der Waals surface area contributed by atoms with Gasteiger partial charge < -0.3 is 15.2 Å². The average Bonchev–Trinajstić information content (AvgIpc) is 3.42. The maximum Gasteiger partial charge on any atom is 0.308 e. The zero-order valence-corrected chi connectivity index (χ0v) is 27.0. The van der Waals surface area contributed by atoms with Gasteiger partial charge in [0.05, 0.1) is 19.3 Å². The number of aromatic nitrogens is 1. The van der Waals surface area contributed by atoms with Crippen LogP contribution in [0, 0.1) is 7.14 Å². The molecule has 0 spiro atoms. The Morgan fingerprint density at radius 3 is 2.59 bits per heavy atom. The third-order valence-corrected chi connectivity index (χ3v) is 9.61. The largest absolute Gasteiger partial charge is 0.381 e. The van der Waals surface area contributed by atoms with Crippen LogP contribution in [0.4, 0.5) is 18.9 Å². The number of nitrogens with zero attached hydrogens (tertiary/aromatic N) is 2. The molecular weight excluding hydrogens is 818 g/mol. The molecule has 0 aliphatic carbocycles. The first-order valence-corrected chi connectivity index (χ1v) is 15.8. The van der Waals surface area contributed by atoms with Crippen LogP contribution in [-0.4, -0.2) is 63.7 Å². The highest BCUT2D eigenvalue weighted by atomic mass is 127. The first-order valence-electron chi connectivity index (χ1n) is 12.6. The number of anilines is 1. The first kappa shape index (κ1) is 28.2. The molecule has 1 aromatic heterocycles. The van der Waals surface area contributed by atoms with E-state index in [9.17, 15) is 13.2 Å². The molecular formula is C27H30F3I3N4. The Balaban J connectivity index is 1.50. The highest BCUT2D eigenvalue weighted by molar-refractivity contribution is 14.1. The lowest BCUT2D eigenvalue weighted by Crippen LogP contribution is -2.47. The number of hydrogen-bond donors (Lipinski definition) is 2. The number of fused-ring (bicyclic) bond motifs is 3. The number of halogens is 6. The van der Waals surface area contributed by atoms with E-state index in [0.29, 0.717) is 12.5 Å². The number of rotatable bonds is 8. The lowest BCUT2D eigenvalue weighted by molar-refractivity contribution is 0.0329. The van der Waals surface area contributed by atoms with Gasteiger partial charge in [-0.05, 0) is 95.1 Å². The zero-order valence-electron chi connectivity index (χ0n) is 20.5. The SMILES string of the molecule is C[C@@H]1Cc2c([nH]c3ccccc23)[C@@H](c2c(I)cc(N[C@H]3CCN(CCCF)C3)cc2I)N1CC(F)(F)I. The van der Waals surface area contributed by atoms with Crippen molar-refractivity contribution >= 4 is 84.4 Å². The molecule has 0 saturated carbocycles. The molecule has 4 nitrogen and oxygen atoms in total. The van der Waals surface area contributed by atoms with Gasteiger partial charge in [0, 0.05) is 89.3 Å². The summed E-state index contributed by atoms with van der Waals surface area (Å²) in [5, 5.41) is 4.85. The van der Waals surface area contributed by atoms with Crippen LogP contribution in [0.5, 0.6) is 0 Å². The summed E-state index contributed by atoms with van der Waals surface area (Å²) >= 11 is 6.00. The molecule has 0 bridgehead atoms. The van der Waals surface area contributed by atoms with Crippen molar-refractivity contribution < 1.29 is 13.2 Å². The number of benzene rings is 2. The van der Waals surface area contributed by atoms with Crippen molar-refractivity contribution in [2.75, 3.05) is 38.2 Å². The van der Waals surface area contributed by atoms with E-state index in [2.05, 4.69) is 91.6 Å². The van der Waals surface area contributed by atoms with Crippen molar-refractivity contribution in [1.82, 2.24) is 14.8 Å². The van der Waals surface area contributed by atoms with E-state index in [1.54, 1.807) is 0 Å². The summed E-state index contributed by atoms with van der Waals surface area (Å²) in [5.74, 6) is 0. The van der Waals surface area contributed by atoms with Gasteiger partial charge in [0.25, 0.3) is 0 Å². The Hall–Kier alpha value is -0.320. The van der Waals surface area contributed by atoms with Gasteiger partial charge in [-0.3, -0.25) is 9.29 Å². The number of para-hydroxylation sites is 1. The van der Waals surface area contributed by atoms with Crippen molar-refractivity contribution in [3.63, 3.8) is 0 Å². The van der Waals surface area contributed by atoms with Crippen molar-refractivity contribution in [2.45, 2.75) is 48.2 Å². The molecule has 2 aromatic carbocycles. The number of alkyl halides is 4. The summed E-state index contributed by atoms with van der Waals surface area (Å²) < 4.78 is 40.8. The Morgan fingerprint density at radius 2 is 1.89 bits per heavy atom. The van der Waals surface area contributed by atoms with Crippen LogP contribution in [0.1, 0.15) is 42.6 Å². The first-order chi connectivity index (χ1) is 17.6. The van der Waals surface area contributed by atoms with E-state index in [4.69, 9.17) is 0 Å². The molecule has 10 heteroatoms. The molecule has 2 aliphatic heterocycles. The highest BCUT2D eigenvalue weighted by Crippen LogP contribution is 2.45. The van der Waals surface area contributed by atoms with E-state index in [0.717, 1.165) is 62.1 Å². The summed E-state index contributed by atoms with van der Waals surface area (Å²) in [6.45, 7) is 4.16. The number of H-pyrrole nitrogens is 1. The third-order valence-electron chi connectivity index (χ3n) is 7.48. The van der Waals surface area contributed by atoms with Gasteiger partial charge >= 0.3 is 3.93 Å². The third kappa shape index (κ3) is 6.22. The second kappa shape index (κ2) is 11.7. The topological polar surface area (TPSA) is 34.3 Å². The Morgan fingerprint density at radius 1 is 1.16 bits per heavy atom. The molecule has 5 rings (SSSR count). The lowest BCUT2D eigenvalue weighted by Gasteiger charge is -2.42. The molecule has 0 unspecified atom stereocenters. The highest BCUT2D eigenvalue weighted by Gasteiger charge is 2.42. The number of nitrogens with one attached hydrogen (secondary N) is 2. The second-order valence-electron chi connectivity index (χ2n) is 10.1. The number of hydrogen-bond acceptors (Lipinski definition) is 3. The quantitative estimate of drug-likeness (QED) is 0.181. The van der Waals surface area contributed by atoms with Crippen molar-refractivity contribution in [3.05, 3.63) is 60.4 Å². The van der Waals surface area contributed by atoms with Crippen LogP contribution in [-0.2, 0) is 6.42 Å². The monoisotopic (exact) mass is 848 g/mol. The molecule has 2 aliphatic rings.